The Morgan fingerprint density at radius 3 is 2.83 bits per heavy atom. The second kappa shape index (κ2) is 7.75. The van der Waals surface area contributed by atoms with E-state index in [9.17, 15) is 14.0 Å². The number of carbonyl (C=O) groups excluding carboxylic acids is 2. The molecule has 148 valence electrons. The molecule has 1 atom stereocenters. The number of nitrogens with zero attached hydrogens (tertiary/aromatic N) is 2. The highest BCUT2D eigenvalue weighted by atomic mass is 19.1. The number of hydrogen-bond acceptors (Lipinski definition) is 4. The van der Waals surface area contributed by atoms with Crippen LogP contribution in [0.2, 0.25) is 0 Å². The first-order valence-electron chi connectivity index (χ1n) is 9.08. The van der Waals surface area contributed by atoms with Gasteiger partial charge in [-0.25, -0.2) is 9.37 Å². The van der Waals surface area contributed by atoms with Crippen molar-refractivity contribution in [1.29, 1.82) is 0 Å². The van der Waals surface area contributed by atoms with E-state index in [0.29, 0.717) is 12.1 Å². The van der Waals surface area contributed by atoms with Crippen LogP contribution in [0.1, 0.15) is 38.3 Å². The molecule has 1 aliphatic rings. The minimum absolute atomic E-state index is 0.141. The molecule has 0 radical (unpaired) electrons. The highest BCUT2D eigenvalue weighted by molar-refractivity contribution is 5.96. The van der Waals surface area contributed by atoms with E-state index in [1.165, 1.54) is 12.1 Å². The Bertz CT molecular complexity index is 1060. The molecule has 0 aliphatic carbocycles. The summed E-state index contributed by atoms with van der Waals surface area (Å²) in [5.41, 5.74) is 1.71. The molecule has 0 fully saturated rings. The van der Waals surface area contributed by atoms with E-state index in [-0.39, 0.29) is 35.8 Å². The lowest BCUT2D eigenvalue weighted by molar-refractivity contribution is 0.0894. The van der Waals surface area contributed by atoms with Gasteiger partial charge in [-0.05, 0) is 35.4 Å². The predicted molar refractivity (Wildman–Crippen MR) is 103 cm³/mol. The number of aromatic nitrogens is 2. The number of rotatable bonds is 5. The molecule has 1 unspecified atom stereocenters. The van der Waals surface area contributed by atoms with Gasteiger partial charge in [0.2, 0.25) is 0 Å². The quantitative estimate of drug-likeness (QED) is 0.696. The summed E-state index contributed by atoms with van der Waals surface area (Å²) < 4.78 is 20.1. The van der Waals surface area contributed by atoms with Crippen LogP contribution in [0, 0.1) is 5.82 Å². The first-order valence-corrected chi connectivity index (χ1v) is 9.08. The first kappa shape index (κ1) is 18.7. The Morgan fingerprint density at radius 2 is 2.10 bits per heavy atom. The Morgan fingerprint density at radius 1 is 1.31 bits per heavy atom. The lowest BCUT2D eigenvalue weighted by Crippen LogP contribution is -2.38. The van der Waals surface area contributed by atoms with Crippen LogP contribution in [0.25, 0.3) is 0 Å². The molecule has 2 aromatic carbocycles. The Labute approximate surface area is 166 Å². The zero-order valence-electron chi connectivity index (χ0n) is 15.7. The average Bonchev–Trinajstić information content (AvgIpc) is 3.17. The van der Waals surface area contributed by atoms with Gasteiger partial charge in [0.05, 0.1) is 13.2 Å². The summed E-state index contributed by atoms with van der Waals surface area (Å²) >= 11 is 0. The summed E-state index contributed by atoms with van der Waals surface area (Å²) in [6.45, 7) is 0.622. The van der Waals surface area contributed by atoms with Crippen LogP contribution in [0.5, 0.6) is 5.75 Å². The molecule has 0 bridgehead atoms. The number of fused-ring (bicyclic) bond motifs is 1. The average molecular weight is 394 g/mol. The van der Waals surface area contributed by atoms with Crippen molar-refractivity contribution in [3.8, 4) is 5.75 Å². The fourth-order valence-electron chi connectivity index (χ4n) is 3.26. The molecule has 3 aromatic rings. The van der Waals surface area contributed by atoms with Gasteiger partial charge in [-0.2, -0.15) is 0 Å². The van der Waals surface area contributed by atoms with Crippen LogP contribution in [0.4, 0.5) is 4.39 Å². The SMILES string of the molecule is COc1ccc(C2Cn3cc(C(=O)NCc4cccc(F)c4)nc3C(=O)N2)cc1. The zero-order valence-corrected chi connectivity index (χ0v) is 15.7. The summed E-state index contributed by atoms with van der Waals surface area (Å²) in [6.07, 6.45) is 1.56. The van der Waals surface area contributed by atoms with E-state index < -0.39 is 5.91 Å². The molecule has 1 aliphatic heterocycles. The lowest BCUT2D eigenvalue weighted by Gasteiger charge is -2.25. The minimum atomic E-state index is -0.426. The highest BCUT2D eigenvalue weighted by Crippen LogP contribution is 2.23. The zero-order chi connectivity index (χ0) is 20.4. The van der Waals surface area contributed by atoms with Gasteiger partial charge in [-0.1, -0.05) is 24.3 Å². The van der Waals surface area contributed by atoms with Gasteiger partial charge in [-0.15, -0.1) is 0 Å². The second-order valence-electron chi connectivity index (χ2n) is 6.71. The van der Waals surface area contributed by atoms with Crippen LogP contribution < -0.4 is 15.4 Å². The second-order valence-corrected chi connectivity index (χ2v) is 6.71. The van der Waals surface area contributed by atoms with E-state index in [0.717, 1.165) is 11.3 Å². The molecule has 2 amide bonds. The van der Waals surface area contributed by atoms with Gasteiger partial charge in [0.25, 0.3) is 11.8 Å². The van der Waals surface area contributed by atoms with Crippen molar-refractivity contribution < 1.29 is 18.7 Å². The molecule has 4 rings (SSSR count). The first-order chi connectivity index (χ1) is 14.0. The van der Waals surface area contributed by atoms with Gasteiger partial charge >= 0.3 is 0 Å². The summed E-state index contributed by atoms with van der Waals surface area (Å²) in [7, 11) is 1.59. The van der Waals surface area contributed by atoms with Crippen LogP contribution in [0.15, 0.2) is 54.7 Å². The fourth-order valence-corrected chi connectivity index (χ4v) is 3.26. The molecular weight excluding hydrogens is 375 g/mol. The normalized spacial score (nSPS) is 15.4. The molecule has 8 heteroatoms. The van der Waals surface area contributed by atoms with Crippen molar-refractivity contribution in [2.45, 2.75) is 19.1 Å². The number of halogens is 1. The van der Waals surface area contributed by atoms with Crippen molar-refractivity contribution in [3.63, 3.8) is 0 Å². The van der Waals surface area contributed by atoms with Gasteiger partial charge in [0.1, 0.15) is 17.3 Å². The summed E-state index contributed by atoms with van der Waals surface area (Å²) in [6, 6.07) is 13.2. The maximum Gasteiger partial charge on any atom is 0.287 e. The molecule has 0 saturated carbocycles. The number of hydrogen-bond donors (Lipinski definition) is 2. The maximum absolute atomic E-state index is 13.3. The lowest BCUT2D eigenvalue weighted by atomic mass is 10.1. The van der Waals surface area contributed by atoms with Crippen LogP contribution >= 0.6 is 0 Å². The van der Waals surface area contributed by atoms with Gasteiger partial charge in [0.15, 0.2) is 5.82 Å². The van der Waals surface area contributed by atoms with Crippen molar-refractivity contribution in [2.75, 3.05) is 7.11 Å². The van der Waals surface area contributed by atoms with Crippen molar-refractivity contribution >= 4 is 11.8 Å². The van der Waals surface area contributed by atoms with Crippen molar-refractivity contribution in [3.05, 3.63) is 83.2 Å². The Kier molecular flexibility index (Phi) is 4.99. The van der Waals surface area contributed by atoms with Crippen molar-refractivity contribution in [1.82, 2.24) is 20.2 Å². The van der Waals surface area contributed by atoms with Crippen LogP contribution in [-0.2, 0) is 13.1 Å². The van der Waals surface area contributed by atoms with Gasteiger partial charge in [-0.3, -0.25) is 9.59 Å². The molecular formula is C21H19FN4O3. The number of imidazole rings is 1. The van der Waals surface area contributed by atoms with E-state index >= 15 is 0 Å². The van der Waals surface area contributed by atoms with E-state index in [2.05, 4.69) is 15.6 Å². The molecule has 2 N–H and O–H groups in total. The standard InChI is InChI=1S/C21H19FN4O3/c1-29-16-7-5-14(6-8-16)17-11-26-12-18(24-19(26)21(28)25-17)20(27)23-10-13-3-2-4-15(22)9-13/h2-9,12,17H,10-11H2,1H3,(H,23,27)(H,25,28). The smallest absolute Gasteiger partial charge is 0.287 e. The third-order valence-electron chi connectivity index (χ3n) is 4.76. The maximum atomic E-state index is 13.3. The van der Waals surface area contributed by atoms with Crippen molar-refractivity contribution in [2.24, 2.45) is 0 Å². The summed E-state index contributed by atoms with van der Waals surface area (Å²) in [5.74, 6) is -0.219. The topological polar surface area (TPSA) is 85.2 Å². The number of ether oxygens (including phenoxy) is 1. The number of amides is 2. The third kappa shape index (κ3) is 3.96. The number of methoxy groups -OCH3 is 1. The van der Waals surface area contributed by atoms with Gasteiger partial charge < -0.3 is 19.9 Å². The summed E-state index contributed by atoms with van der Waals surface area (Å²) in [5, 5.41) is 5.60. The number of nitrogens with one attached hydrogen (secondary N) is 2. The summed E-state index contributed by atoms with van der Waals surface area (Å²) in [4.78, 5) is 29.0. The third-order valence-corrected chi connectivity index (χ3v) is 4.76. The predicted octanol–water partition coefficient (Wildman–Crippen LogP) is 2.45. The van der Waals surface area contributed by atoms with Crippen LogP contribution in [0.3, 0.4) is 0 Å². The van der Waals surface area contributed by atoms with E-state index in [1.54, 1.807) is 30.0 Å². The molecule has 0 saturated heterocycles. The molecule has 7 nitrogen and oxygen atoms in total. The molecule has 29 heavy (non-hydrogen) atoms. The van der Waals surface area contributed by atoms with E-state index in [1.807, 2.05) is 24.3 Å². The number of carbonyl (C=O) groups is 2. The molecule has 0 spiro atoms. The molecule has 2 heterocycles. The monoisotopic (exact) mass is 394 g/mol. The Balaban J connectivity index is 1.47. The van der Waals surface area contributed by atoms with Gasteiger partial charge in [0, 0.05) is 19.3 Å². The highest BCUT2D eigenvalue weighted by Gasteiger charge is 2.28. The largest absolute Gasteiger partial charge is 0.497 e. The molecule has 1 aromatic heterocycles. The fraction of sp³-hybridized carbons (Fsp3) is 0.190. The van der Waals surface area contributed by atoms with E-state index in [4.69, 9.17) is 4.74 Å². The minimum Gasteiger partial charge on any atom is -0.497 e. The van der Waals surface area contributed by atoms with Crippen LogP contribution in [-0.4, -0.2) is 28.5 Å². The number of benzene rings is 2. The Hall–Kier alpha value is -3.68.